The smallest absolute Gasteiger partial charge is 0.269 e. The van der Waals surface area contributed by atoms with Gasteiger partial charge in [0, 0.05) is 36.0 Å². The molecule has 3 N–H and O–H groups in total. The Labute approximate surface area is 180 Å². The molecule has 3 aromatic rings. The van der Waals surface area contributed by atoms with Gasteiger partial charge in [-0.3, -0.25) is 4.79 Å². The summed E-state index contributed by atoms with van der Waals surface area (Å²) in [4.78, 5) is 22.1. The summed E-state index contributed by atoms with van der Waals surface area (Å²) >= 11 is 0. The lowest BCUT2D eigenvalue weighted by atomic mass is 10.1. The molecule has 12 heteroatoms. The second-order valence-electron chi connectivity index (χ2n) is 7.15. The summed E-state index contributed by atoms with van der Waals surface area (Å²) in [5.74, 6) is -4.42. The number of amides is 1. The number of halogens is 3. The zero-order valence-corrected chi connectivity index (χ0v) is 17.1. The number of fused-ring (bicyclic) bond motifs is 1. The van der Waals surface area contributed by atoms with Crippen molar-refractivity contribution in [2.24, 2.45) is 5.14 Å². The van der Waals surface area contributed by atoms with Crippen molar-refractivity contribution < 1.29 is 26.4 Å². The highest BCUT2D eigenvalue weighted by Crippen LogP contribution is 2.32. The topological polar surface area (TPSA) is 118 Å². The van der Waals surface area contributed by atoms with Crippen LogP contribution in [0.15, 0.2) is 59.9 Å². The van der Waals surface area contributed by atoms with Crippen molar-refractivity contribution in [1.29, 1.82) is 0 Å². The summed E-state index contributed by atoms with van der Waals surface area (Å²) < 4.78 is 64.7. The first-order chi connectivity index (χ1) is 15.0. The van der Waals surface area contributed by atoms with Crippen LogP contribution in [0.25, 0.3) is 10.9 Å². The first kappa shape index (κ1) is 21.7. The normalized spacial score (nSPS) is 15.7. The zero-order valence-electron chi connectivity index (χ0n) is 16.3. The van der Waals surface area contributed by atoms with Gasteiger partial charge in [0.05, 0.1) is 17.6 Å². The van der Waals surface area contributed by atoms with Gasteiger partial charge < -0.3 is 10.2 Å². The number of nitrogens with two attached hydrogens (primary N) is 1. The Morgan fingerprint density at radius 2 is 1.97 bits per heavy atom. The number of hydrogen-bond donors (Lipinski definition) is 2. The molecule has 2 aromatic heterocycles. The van der Waals surface area contributed by atoms with Gasteiger partial charge in [-0.2, -0.15) is 0 Å². The fourth-order valence-corrected chi connectivity index (χ4v) is 3.73. The van der Waals surface area contributed by atoms with Crippen molar-refractivity contribution in [3.05, 3.63) is 66.3 Å². The standard InChI is InChI=1S/C20H16F3N5O3S/c21-13-2-3-16-12(8-13)9-15(18(27-16)28-7-1-5-20(22,23)11-28)19(29)26-14-4-6-25-17(10-14)32(24,30)31/h1-4,6-10H,5,11H2,(H2,24,30,31)(H,25,26,29). The van der Waals surface area contributed by atoms with Gasteiger partial charge in [0.2, 0.25) is 0 Å². The van der Waals surface area contributed by atoms with Crippen LogP contribution < -0.4 is 15.4 Å². The van der Waals surface area contributed by atoms with Crippen molar-refractivity contribution in [2.75, 3.05) is 16.8 Å². The van der Waals surface area contributed by atoms with Crippen LogP contribution in [-0.4, -0.2) is 36.8 Å². The Hall–Kier alpha value is -3.51. The molecule has 0 radical (unpaired) electrons. The fourth-order valence-electron chi connectivity index (χ4n) is 3.23. The number of sulfonamides is 1. The highest BCUT2D eigenvalue weighted by atomic mass is 32.2. The molecule has 166 valence electrons. The molecule has 8 nitrogen and oxygen atoms in total. The second kappa shape index (κ2) is 7.88. The Kier molecular flexibility index (Phi) is 5.34. The minimum atomic E-state index is -4.11. The molecule has 1 amide bonds. The molecule has 0 fully saturated rings. The maximum absolute atomic E-state index is 14.0. The van der Waals surface area contributed by atoms with Crippen LogP contribution in [0.2, 0.25) is 0 Å². The quantitative estimate of drug-likeness (QED) is 0.614. The number of primary sulfonamides is 1. The largest absolute Gasteiger partial charge is 0.327 e. The van der Waals surface area contributed by atoms with Crippen LogP contribution in [0.1, 0.15) is 16.8 Å². The first-order valence-corrected chi connectivity index (χ1v) is 10.8. The van der Waals surface area contributed by atoms with Crippen LogP contribution >= 0.6 is 0 Å². The number of nitrogens with one attached hydrogen (secondary N) is 1. The van der Waals surface area contributed by atoms with Crippen LogP contribution in [0.3, 0.4) is 0 Å². The molecule has 0 bridgehead atoms. The third kappa shape index (κ3) is 4.55. The van der Waals surface area contributed by atoms with Gasteiger partial charge in [0.15, 0.2) is 5.03 Å². The monoisotopic (exact) mass is 463 g/mol. The highest BCUT2D eigenvalue weighted by molar-refractivity contribution is 7.89. The molecule has 0 unspecified atom stereocenters. The lowest BCUT2D eigenvalue weighted by Crippen LogP contribution is -2.37. The van der Waals surface area contributed by atoms with E-state index in [2.05, 4.69) is 15.3 Å². The molecule has 0 saturated heterocycles. The van der Waals surface area contributed by atoms with Crippen molar-refractivity contribution >= 4 is 38.3 Å². The summed E-state index contributed by atoms with van der Waals surface area (Å²) in [7, 11) is -4.11. The van der Waals surface area contributed by atoms with E-state index in [1.54, 1.807) is 0 Å². The average Bonchev–Trinajstić information content (AvgIpc) is 2.71. The number of nitrogens with zero attached hydrogens (tertiary/aromatic N) is 3. The zero-order chi connectivity index (χ0) is 23.1. The van der Waals surface area contributed by atoms with Crippen molar-refractivity contribution in [3.63, 3.8) is 0 Å². The summed E-state index contributed by atoms with van der Waals surface area (Å²) in [6, 6.07) is 7.42. The van der Waals surface area contributed by atoms with E-state index in [0.717, 1.165) is 23.2 Å². The minimum absolute atomic E-state index is 0.0545. The third-order valence-corrected chi connectivity index (χ3v) is 5.47. The average molecular weight is 463 g/mol. The molecule has 32 heavy (non-hydrogen) atoms. The van der Waals surface area contributed by atoms with Gasteiger partial charge in [-0.15, -0.1) is 0 Å². The highest BCUT2D eigenvalue weighted by Gasteiger charge is 2.34. The molecule has 0 saturated carbocycles. The summed E-state index contributed by atoms with van der Waals surface area (Å²) in [6.07, 6.45) is 3.36. The number of rotatable bonds is 4. The van der Waals surface area contributed by atoms with Crippen LogP contribution in [0.5, 0.6) is 0 Å². The molecule has 1 aliphatic rings. The van der Waals surface area contributed by atoms with Gasteiger partial charge in [0.25, 0.3) is 21.9 Å². The van der Waals surface area contributed by atoms with Crippen molar-refractivity contribution in [2.45, 2.75) is 17.4 Å². The van der Waals surface area contributed by atoms with E-state index in [-0.39, 0.29) is 22.5 Å². The number of hydrogen-bond acceptors (Lipinski definition) is 6. The first-order valence-electron chi connectivity index (χ1n) is 9.23. The van der Waals surface area contributed by atoms with Crippen molar-refractivity contribution in [1.82, 2.24) is 9.97 Å². The van der Waals surface area contributed by atoms with E-state index < -0.39 is 45.7 Å². The summed E-state index contributed by atoms with van der Waals surface area (Å²) in [5.41, 5.74) is 0.249. The number of allylic oxidation sites excluding steroid dienone is 1. The maximum Gasteiger partial charge on any atom is 0.269 e. The van der Waals surface area contributed by atoms with E-state index in [1.165, 1.54) is 36.5 Å². The molecular weight excluding hydrogens is 447 g/mol. The van der Waals surface area contributed by atoms with Crippen LogP contribution in [0.4, 0.5) is 24.7 Å². The Morgan fingerprint density at radius 1 is 1.19 bits per heavy atom. The lowest BCUT2D eigenvalue weighted by molar-refractivity contribution is 0.0105. The maximum atomic E-state index is 14.0. The van der Waals surface area contributed by atoms with E-state index in [4.69, 9.17) is 5.14 Å². The number of benzene rings is 1. The fraction of sp³-hybridized carbons (Fsp3) is 0.150. The molecule has 0 aliphatic carbocycles. The van der Waals surface area contributed by atoms with Gasteiger partial charge >= 0.3 is 0 Å². The summed E-state index contributed by atoms with van der Waals surface area (Å²) in [5, 5.41) is 7.36. The lowest BCUT2D eigenvalue weighted by Gasteiger charge is -2.30. The predicted octanol–water partition coefficient (Wildman–Crippen LogP) is 3.03. The number of alkyl halides is 2. The summed E-state index contributed by atoms with van der Waals surface area (Å²) in [6.45, 7) is -0.700. The van der Waals surface area contributed by atoms with Crippen LogP contribution in [0, 0.1) is 5.82 Å². The van der Waals surface area contributed by atoms with Crippen LogP contribution in [-0.2, 0) is 10.0 Å². The van der Waals surface area contributed by atoms with Gasteiger partial charge in [-0.1, -0.05) is 6.08 Å². The number of carbonyl (C=O) groups excluding carboxylic acids is 1. The molecule has 1 aromatic carbocycles. The Balaban J connectivity index is 1.78. The van der Waals surface area contributed by atoms with E-state index in [1.807, 2.05) is 0 Å². The minimum Gasteiger partial charge on any atom is -0.327 e. The number of carbonyl (C=O) groups is 1. The molecular formula is C20H16F3N5O3S. The molecule has 1 aliphatic heterocycles. The van der Waals surface area contributed by atoms with Gasteiger partial charge in [-0.05, 0) is 30.3 Å². The molecule has 0 atom stereocenters. The van der Waals surface area contributed by atoms with E-state index >= 15 is 0 Å². The third-order valence-electron chi connectivity index (χ3n) is 4.66. The number of pyridine rings is 2. The van der Waals surface area contributed by atoms with Crippen molar-refractivity contribution in [3.8, 4) is 0 Å². The number of aromatic nitrogens is 2. The van der Waals surface area contributed by atoms with Gasteiger partial charge in [0.1, 0.15) is 11.6 Å². The van der Waals surface area contributed by atoms with Gasteiger partial charge in [-0.25, -0.2) is 36.7 Å². The van der Waals surface area contributed by atoms with E-state index in [9.17, 15) is 26.4 Å². The molecule has 4 rings (SSSR count). The SMILES string of the molecule is NS(=O)(=O)c1cc(NC(=O)c2cc3cc(F)ccc3nc2N2C=CCC(F)(F)C2)ccn1. The predicted molar refractivity (Wildman–Crippen MR) is 111 cm³/mol. The Bertz CT molecular complexity index is 1360. The molecule has 3 heterocycles. The molecule has 0 spiro atoms. The number of anilines is 2. The second-order valence-corrected chi connectivity index (χ2v) is 8.66. The van der Waals surface area contributed by atoms with E-state index in [0.29, 0.717) is 5.52 Å². The Morgan fingerprint density at radius 3 is 2.69 bits per heavy atom.